The van der Waals surface area contributed by atoms with Crippen molar-refractivity contribution in [3.63, 3.8) is 0 Å². The number of amides is 2. The maximum absolute atomic E-state index is 12.9. The summed E-state index contributed by atoms with van der Waals surface area (Å²) in [6, 6.07) is 20.2. The number of benzene rings is 2. The van der Waals surface area contributed by atoms with E-state index in [1.165, 1.54) is 5.56 Å². The summed E-state index contributed by atoms with van der Waals surface area (Å²) in [5, 5.41) is 10.4. The molecule has 4 rings (SSSR count). The Kier molecular flexibility index (Phi) is 6.16. The second-order valence-corrected chi connectivity index (χ2v) is 7.97. The number of carbonyl (C=O) groups excluding carboxylic acids is 2. The van der Waals surface area contributed by atoms with E-state index in [1.54, 1.807) is 0 Å². The molecule has 1 aliphatic rings. The van der Waals surface area contributed by atoms with Crippen molar-refractivity contribution in [3.05, 3.63) is 66.2 Å². The van der Waals surface area contributed by atoms with E-state index < -0.39 is 0 Å². The number of rotatable bonds is 7. The lowest BCUT2D eigenvalue weighted by Gasteiger charge is -2.13. The van der Waals surface area contributed by atoms with Crippen molar-refractivity contribution in [2.75, 3.05) is 11.9 Å². The molecule has 31 heavy (non-hydrogen) atoms. The summed E-state index contributed by atoms with van der Waals surface area (Å²) in [6.07, 6.45) is 2.73. The molecule has 0 radical (unpaired) electrons. The standard InChI is InChI=1S/C25H28N4O2/c1-3-9-17-10-8-11-18(14-17)22-15-23(28-29(22)19-12-6-5-7-13-19)27-25(31)21-16-26-24(30)20(21)4-2/h5-8,10-15,20-21H,3-4,9,16H2,1-2H3,(H,26,30)(H,27,28,31). The molecule has 1 aliphatic heterocycles. The molecule has 0 bridgehead atoms. The van der Waals surface area contributed by atoms with E-state index in [0.29, 0.717) is 18.8 Å². The monoisotopic (exact) mass is 416 g/mol. The van der Waals surface area contributed by atoms with Crippen molar-refractivity contribution in [1.82, 2.24) is 15.1 Å². The number of hydrogen-bond acceptors (Lipinski definition) is 3. The Labute approximate surface area is 182 Å². The Hall–Kier alpha value is -3.41. The number of aromatic nitrogens is 2. The highest BCUT2D eigenvalue weighted by atomic mass is 16.2. The first-order chi connectivity index (χ1) is 15.1. The number of para-hydroxylation sites is 1. The van der Waals surface area contributed by atoms with Crippen LogP contribution in [-0.2, 0) is 16.0 Å². The maximum Gasteiger partial charge on any atom is 0.231 e. The van der Waals surface area contributed by atoms with Gasteiger partial charge in [0.05, 0.1) is 23.2 Å². The zero-order valence-electron chi connectivity index (χ0n) is 18.0. The molecular formula is C25H28N4O2. The van der Waals surface area contributed by atoms with Crippen molar-refractivity contribution in [3.8, 4) is 16.9 Å². The second-order valence-electron chi connectivity index (χ2n) is 7.97. The van der Waals surface area contributed by atoms with Crippen LogP contribution in [0.2, 0.25) is 0 Å². The van der Waals surface area contributed by atoms with E-state index in [9.17, 15) is 9.59 Å². The van der Waals surface area contributed by atoms with Gasteiger partial charge in [-0.25, -0.2) is 4.68 Å². The Bertz CT molecular complexity index is 1070. The lowest BCUT2D eigenvalue weighted by molar-refractivity contribution is -0.127. The molecule has 3 aromatic rings. The molecule has 2 heterocycles. The molecule has 2 N–H and O–H groups in total. The highest BCUT2D eigenvalue weighted by Gasteiger charge is 2.38. The second kappa shape index (κ2) is 9.16. The fourth-order valence-electron chi connectivity index (χ4n) is 4.22. The topological polar surface area (TPSA) is 76.0 Å². The molecule has 2 unspecified atom stereocenters. The lowest BCUT2D eigenvalue weighted by Crippen LogP contribution is -2.29. The molecule has 6 nitrogen and oxygen atoms in total. The highest BCUT2D eigenvalue weighted by Crippen LogP contribution is 2.28. The van der Waals surface area contributed by atoms with Crippen molar-refractivity contribution in [2.24, 2.45) is 11.8 Å². The van der Waals surface area contributed by atoms with E-state index in [1.807, 2.05) is 48.0 Å². The summed E-state index contributed by atoms with van der Waals surface area (Å²) in [4.78, 5) is 24.9. The van der Waals surface area contributed by atoms with Crippen LogP contribution in [0, 0.1) is 11.8 Å². The van der Waals surface area contributed by atoms with Crippen LogP contribution in [0.5, 0.6) is 0 Å². The Morgan fingerprint density at radius 2 is 1.94 bits per heavy atom. The normalized spacial score (nSPS) is 18.1. The molecule has 0 spiro atoms. The molecule has 0 aliphatic carbocycles. The van der Waals surface area contributed by atoms with Gasteiger partial charge in [0.2, 0.25) is 11.8 Å². The van der Waals surface area contributed by atoms with Gasteiger partial charge in [-0.3, -0.25) is 9.59 Å². The average Bonchev–Trinajstić information content (AvgIpc) is 3.38. The fraction of sp³-hybridized carbons (Fsp3) is 0.320. The van der Waals surface area contributed by atoms with Gasteiger partial charge in [0.25, 0.3) is 0 Å². The number of nitrogens with zero attached hydrogens (tertiary/aromatic N) is 2. The van der Waals surface area contributed by atoms with Gasteiger partial charge in [0.15, 0.2) is 5.82 Å². The summed E-state index contributed by atoms with van der Waals surface area (Å²) < 4.78 is 1.86. The molecular weight excluding hydrogens is 388 g/mol. The van der Waals surface area contributed by atoms with Gasteiger partial charge in [-0.15, -0.1) is 5.10 Å². The zero-order chi connectivity index (χ0) is 21.8. The molecule has 1 fully saturated rings. The van der Waals surface area contributed by atoms with E-state index in [2.05, 4.69) is 41.8 Å². The zero-order valence-corrected chi connectivity index (χ0v) is 18.0. The molecule has 2 atom stereocenters. The van der Waals surface area contributed by atoms with Crippen molar-refractivity contribution in [2.45, 2.75) is 33.1 Å². The van der Waals surface area contributed by atoms with E-state index >= 15 is 0 Å². The number of aryl methyl sites for hydroxylation is 1. The Morgan fingerprint density at radius 1 is 1.13 bits per heavy atom. The first-order valence-electron chi connectivity index (χ1n) is 10.9. The third-order valence-corrected chi connectivity index (χ3v) is 5.82. The number of nitrogens with one attached hydrogen (secondary N) is 2. The maximum atomic E-state index is 12.9. The van der Waals surface area contributed by atoms with Gasteiger partial charge in [-0.2, -0.15) is 0 Å². The third kappa shape index (κ3) is 4.38. The van der Waals surface area contributed by atoms with Crippen LogP contribution in [0.1, 0.15) is 32.3 Å². The number of hydrogen-bond donors (Lipinski definition) is 2. The average molecular weight is 417 g/mol. The van der Waals surface area contributed by atoms with Crippen molar-refractivity contribution in [1.29, 1.82) is 0 Å². The molecule has 160 valence electrons. The summed E-state index contributed by atoms with van der Waals surface area (Å²) >= 11 is 0. The van der Waals surface area contributed by atoms with E-state index in [0.717, 1.165) is 29.8 Å². The molecule has 2 amide bonds. The molecule has 0 saturated carbocycles. The van der Waals surface area contributed by atoms with E-state index in [-0.39, 0.29) is 23.7 Å². The summed E-state index contributed by atoms with van der Waals surface area (Å²) in [5.74, 6) is -0.406. The van der Waals surface area contributed by atoms with Crippen LogP contribution in [0.25, 0.3) is 16.9 Å². The molecule has 1 saturated heterocycles. The van der Waals surface area contributed by atoms with Crippen molar-refractivity contribution < 1.29 is 9.59 Å². The van der Waals surface area contributed by atoms with Crippen LogP contribution in [0.4, 0.5) is 5.82 Å². The predicted octanol–water partition coefficient (Wildman–Crippen LogP) is 4.20. The molecule has 1 aromatic heterocycles. The summed E-state index contributed by atoms with van der Waals surface area (Å²) in [6.45, 7) is 4.47. The van der Waals surface area contributed by atoms with Gasteiger partial charge in [0, 0.05) is 18.2 Å². The van der Waals surface area contributed by atoms with Gasteiger partial charge in [-0.05, 0) is 36.6 Å². The number of anilines is 1. The van der Waals surface area contributed by atoms with Gasteiger partial charge in [0.1, 0.15) is 0 Å². The van der Waals surface area contributed by atoms with Crippen LogP contribution in [0.15, 0.2) is 60.7 Å². The number of carbonyl (C=O) groups is 2. The highest BCUT2D eigenvalue weighted by molar-refractivity contribution is 5.98. The summed E-state index contributed by atoms with van der Waals surface area (Å²) in [7, 11) is 0. The summed E-state index contributed by atoms with van der Waals surface area (Å²) in [5.41, 5.74) is 4.15. The third-order valence-electron chi connectivity index (χ3n) is 5.82. The van der Waals surface area contributed by atoms with Gasteiger partial charge < -0.3 is 10.6 Å². The predicted molar refractivity (Wildman–Crippen MR) is 122 cm³/mol. The minimum Gasteiger partial charge on any atom is -0.355 e. The smallest absolute Gasteiger partial charge is 0.231 e. The van der Waals surface area contributed by atoms with Crippen LogP contribution in [0.3, 0.4) is 0 Å². The quantitative estimate of drug-likeness (QED) is 0.606. The first-order valence-corrected chi connectivity index (χ1v) is 10.9. The minimum absolute atomic E-state index is 0.0501. The lowest BCUT2D eigenvalue weighted by atomic mass is 9.92. The Morgan fingerprint density at radius 3 is 2.68 bits per heavy atom. The molecule has 2 aromatic carbocycles. The fourth-order valence-corrected chi connectivity index (χ4v) is 4.22. The van der Waals surface area contributed by atoms with Crippen LogP contribution >= 0.6 is 0 Å². The van der Waals surface area contributed by atoms with Crippen LogP contribution < -0.4 is 10.6 Å². The van der Waals surface area contributed by atoms with Crippen molar-refractivity contribution >= 4 is 17.6 Å². The SMILES string of the molecule is CCCc1cccc(-c2cc(NC(=O)C3CNC(=O)C3CC)nn2-c2ccccc2)c1. The van der Waals surface area contributed by atoms with Gasteiger partial charge >= 0.3 is 0 Å². The largest absolute Gasteiger partial charge is 0.355 e. The van der Waals surface area contributed by atoms with Gasteiger partial charge in [-0.1, -0.05) is 56.7 Å². The Balaban J connectivity index is 1.68. The molecule has 6 heteroatoms. The van der Waals surface area contributed by atoms with E-state index in [4.69, 9.17) is 5.10 Å². The first kappa shape index (κ1) is 20.8. The minimum atomic E-state index is -0.379. The van der Waals surface area contributed by atoms with Crippen LogP contribution in [-0.4, -0.2) is 28.1 Å².